The topological polar surface area (TPSA) is 32.3 Å². The zero-order valence-corrected chi connectivity index (χ0v) is 21.5. The second kappa shape index (κ2) is 11.8. The number of rotatable bonds is 12. The van der Waals surface area contributed by atoms with Crippen molar-refractivity contribution in [2.45, 2.75) is 130 Å². The number of fused-ring (bicyclic) bond motifs is 1. The van der Waals surface area contributed by atoms with Gasteiger partial charge in [0, 0.05) is 0 Å². The summed E-state index contributed by atoms with van der Waals surface area (Å²) in [5, 5.41) is 14.7. The van der Waals surface area contributed by atoms with E-state index in [-0.39, 0.29) is 14.2 Å². The van der Waals surface area contributed by atoms with Gasteiger partial charge < -0.3 is 5.11 Å². The van der Waals surface area contributed by atoms with Crippen molar-refractivity contribution in [1.82, 2.24) is 5.09 Å². The summed E-state index contributed by atoms with van der Waals surface area (Å²) in [6, 6.07) is 0. The van der Waals surface area contributed by atoms with Gasteiger partial charge in [0.25, 0.3) is 0 Å². The lowest BCUT2D eigenvalue weighted by Gasteiger charge is -2.53. The molecule has 2 saturated carbocycles. The van der Waals surface area contributed by atoms with Crippen molar-refractivity contribution in [2.75, 3.05) is 12.7 Å². The summed E-state index contributed by atoms with van der Waals surface area (Å²) in [4.78, 5) is 0. The molecule has 4 unspecified atom stereocenters. The molecule has 0 aromatic carbocycles. The van der Waals surface area contributed by atoms with Crippen molar-refractivity contribution in [2.24, 2.45) is 23.2 Å². The first-order valence-electron chi connectivity index (χ1n) is 12.9. The van der Waals surface area contributed by atoms with E-state index in [0.29, 0.717) is 10.6 Å². The third-order valence-electron chi connectivity index (χ3n) is 8.37. The van der Waals surface area contributed by atoms with Crippen LogP contribution in [0.3, 0.4) is 0 Å². The Kier molecular flexibility index (Phi) is 10.4. The van der Waals surface area contributed by atoms with E-state index >= 15 is 0 Å². The zero-order valence-electron chi connectivity index (χ0n) is 20.6. The molecule has 0 radical (unpaired) electrons. The smallest absolute Gasteiger partial charge is 0.0543 e. The van der Waals surface area contributed by atoms with E-state index in [9.17, 15) is 5.11 Å². The van der Waals surface area contributed by atoms with Crippen LogP contribution < -0.4 is 5.09 Å². The maximum atomic E-state index is 10.2. The fourth-order valence-electron chi connectivity index (χ4n) is 6.66. The molecule has 172 valence electrons. The summed E-state index contributed by atoms with van der Waals surface area (Å²) in [5.74, 6) is 2.51. The molecule has 0 bridgehead atoms. The van der Waals surface area contributed by atoms with Gasteiger partial charge in [0.1, 0.15) is 0 Å². The molecule has 2 fully saturated rings. The number of aliphatic hydroxyl groups excluding tert-OH is 1. The Bertz CT molecular complexity index is 468. The first kappa shape index (κ1) is 25.6. The predicted octanol–water partition coefficient (Wildman–Crippen LogP) is 7.74. The maximum Gasteiger partial charge on any atom is 0.0543 e. The van der Waals surface area contributed by atoms with Crippen molar-refractivity contribution in [3.8, 4) is 0 Å². The van der Waals surface area contributed by atoms with Gasteiger partial charge in [-0.05, 0) is 107 Å². The van der Waals surface area contributed by atoms with Crippen molar-refractivity contribution >= 4 is 8.07 Å². The largest absolute Gasteiger partial charge is 0.393 e. The van der Waals surface area contributed by atoms with E-state index in [0.717, 1.165) is 30.6 Å². The standard InChI is InChI=1S/C26H52NOP/c1-7-10-17-29(25(4,5)14-8-2)27-16-11-12-21-18-22(9-3)24-19-23(28)13-15-26(24,6)20-21/h21-24,27-28H,7-20H2,1-6H3/t21?,22-,23+,24?,26?,29?/m0/s1. The van der Waals surface area contributed by atoms with Crippen LogP contribution in [0, 0.1) is 23.2 Å². The molecule has 2 aliphatic rings. The summed E-state index contributed by atoms with van der Waals surface area (Å²) >= 11 is 0. The Balaban J connectivity index is 1.84. The maximum absolute atomic E-state index is 10.2. The lowest BCUT2D eigenvalue weighted by Crippen LogP contribution is -2.45. The molecular weight excluding hydrogens is 373 g/mol. The van der Waals surface area contributed by atoms with Gasteiger partial charge in [0.15, 0.2) is 0 Å². The highest BCUT2D eigenvalue weighted by molar-refractivity contribution is 7.57. The summed E-state index contributed by atoms with van der Waals surface area (Å²) in [6.45, 7) is 15.8. The summed E-state index contributed by atoms with van der Waals surface area (Å²) in [5.41, 5.74) is 0.493. The Morgan fingerprint density at radius 3 is 2.52 bits per heavy atom. The molecular formula is C26H52NOP. The Hall–Kier alpha value is 0.350. The van der Waals surface area contributed by atoms with Gasteiger partial charge in [-0.1, -0.05) is 60.8 Å². The van der Waals surface area contributed by atoms with Crippen LogP contribution in [0.5, 0.6) is 0 Å². The van der Waals surface area contributed by atoms with E-state index in [1.165, 1.54) is 76.9 Å². The minimum Gasteiger partial charge on any atom is -0.393 e. The summed E-state index contributed by atoms with van der Waals surface area (Å²) < 4.78 is 0. The van der Waals surface area contributed by atoms with Gasteiger partial charge in [0.2, 0.25) is 0 Å². The molecule has 0 heterocycles. The Morgan fingerprint density at radius 2 is 1.86 bits per heavy atom. The number of unbranched alkanes of at least 4 members (excludes halogenated alkanes) is 1. The second-order valence-corrected chi connectivity index (χ2v) is 14.1. The van der Waals surface area contributed by atoms with E-state index in [4.69, 9.17) is 0 Å². The monoisotopic (exact) mass is 425 g/mol. The Labute approximate surface area is 184 Å². The van der Waals surface area contributed by atoms with Crippen molar-refractivity contribution in [1.29, 1.82) is 0 Å². The molecule has 2 N–H and O–H groups in total. The van der Waals surface area contributed by atoms with Crippen LogP contribution in [-0.4, -0.2) is 29.1 Å². The van der Waals surface area contributed by atoms with Gasteiger partial charge in [-0.3, -0.25) is 5.09 Å². The highest BCUT2D eigenvalue weighted by Crippen LogP contribution is 2.56. The lowest BCUT2D eigenvalue weighted by molar-refractivity contribution is -0.0597. The number of hydrogen-bond donors (Lipinski definition) is 2. The van der Waals surface area contributed by atoms with E-state index in [1.807, 2.05) is 0 Å². The Morgan fingerprint density at radius 1 is 1.10 bits per heavy atom. The molecule has 6 atom stereocenters. The van der Waals surface area contributed by atoms with Gasteiger partial charge >= 0.3 is 0 Å². The first-order valence-corrected chi connectivity index (χ1v) is 14.5. The zero-order chi connectivity index (χ0) is 21.5. The van der Waals surface area contributed by atoms with Gasteiger partial charge in [-0.15, -0.1) is 0 Å². The third kappa shape index (κ3) is 7.18. The average molecular weight is 426 g/mol. The van der Waals surface area contributed by atoms with Crippen LogP contribution >= 0.6 is 8.07 Å². The second-order valence-electron chi connectivity index (χ2n) is 11.3. The van der Waals surface area contributed by atoms with E-state index in [2.05, 4.69) is 46.6 Å². The van der Waals surface area contributed by atoms with Crippen molar-refractivity contribution < 1.29 is 5.11 Å². The first-order chi connectivity index (χ1) is 13.8. The molecule has 0 aromatic heterocycles. The summed E-state index contributed by atoms with van der Waals surface area (Å²) in [7, 11) is -0.0622. The molecule has 0 spiro atoms. The number of hydrogen-bond acceptors (Lipinski definition) is 2. The van der Waals surface area contributed by atoms with Crippen LogP contribution in [0.25, 0.3) is 0 Å². The molecule has 2 aliphatic carbocycles. The van der Waals surface area contributed by atoms with Crippen molar-refractivity contribution in [3.05, 3.63) is 0 Å². The number of nitrogens with one attached hydrogen (secondary N) is 1. The lowest BCUT2D eigenvalue weighted by atomic mass is 9.53. The highest BCUT2D eigenvalue weighted by atomic mass is 31.1. The molecule has 2 nitrogen and oxygen atoms in total. The molecule has 2 rings (SSSR count). The fourth-order valence-corrected chi connectivity index (χ4v) is 9.41. The minimum atomic E-state index is -0.0622. The van der Waals surface area contributed by atoms with Gasteiger partial charge in [-0.25, -0.2) is 0 Å². The normalized spacial score (nSPS) is 34.0. The molecule has 0 aromatic rings. The van der Waals surface area contributed by atoms with Crippen LogP contribution in [-0.2, 0) is 0 Å². The highest BCUT2D eigenvalue weighted by Gasteiger charge is 2.47. The molecule has 29 heavy (non-hydrogen) atoms. The van der Waals surface area contributed by atoms with Crippen LogP contribution in [0.15, 0.2) is 0 Å². The SMILES string of the molecule is CCCCP(NCCCC1C[C@H](CC)C2C[C@H](O)CCC2(C)C1)C(C)(C)CCC. The summed E-state index contributed by atoms with van der Waals surface area (Å²) in [6.07, 6.45) is 16.9. The molecule has 0 aliphatic heterocycles. The van der Waals surface area contributed by atoms with E-state index in [1.54, 1.807) is 0 Å². The molecule has 0 saturated heterocycles. The van der Waals surface area contributed by atoms with Crippen molar-refractivity contribution in [3.63, 3.8) is 0 Å². The van der Waals surface area contributed by atoms with Gasteiger partial charge in [0.05, 0.1) is 6.10 Å². The predicted molar refractivity (Wildman–Crippen MR) is 131 cm³/mol. The molecule has 0 amide bonds. The van der Waals surface area contributed by atoms with E-state index < -0.39 is 0 Å². The van der Waals surface area contributed by atoms with Crippen LogP contribution in [0.4, 0.5) is 0 Å². The third-order valence-corrected chi connectivity index (χ3v) is 11.4. The quantitative estimate of drug-likeness (QED) is 0.247. The van der Waals surface area contributed by atoms with Crippen LogP contribution in [0.1, 0.15) is 119 Å². The fraction of sp³-hybridized carbons (Fsp3) is 1.00. The molecule has 3 heteroatoms. The average Bonchev–Trinajstić information content (AvgIpc) is 2.67. The van der Waals surface area contributed by atoms with Crippen LogP contribution in [0.2, 0.25) is 0 Å². The van der Waals surface area contributed by atoms with Gasteiger partial charge in [-0.2, -0.15) is 0 Å². The number of aliphatic hydroxyl groups is 1. The minimum absolute atomic E-state index is 0.0308.